The van der Waals surface area contributed by atoms with Gasteiger partial charge >= 0.3 is 0 Å². The summed E-state index contributed by atoms with van der Waals surface area (Å²) < 4.78 is 6.27. The van der Waals surface area contributed by atoms with E-state index >= 15 is 0 Å². The zero-order valence-corrected chi connectivity index (χ0v) is 23.1. The molecule has 0 amide bonds. The predicted octanol–water partition coefficient (Wildman–Crippen LogP) is 11.0. The maximum atomic E-state index is 6.27. The van der Waals surface area contributed by atoms with Crippen LogP contribution in [0.15, 0.2) is 144 Å². The molecule has 1 heterocycles. The van der Waals surface area contributed by atoms with E-state index < -0.39 is 0 Å². The molecule has 0 spiro atoms. The molecule has 7 aromatic rings. The van der Waals surface area contributed by atoms with Gasteiger partial charge in [-0.1, -0.05) is 98.8 Å². The number of hydrogen-bond acceptors (Lipinski definition) is 2. The minimum Gasteiger partial charge on any atom is -0.456 e. The lowest BCUT2D eigenvalue weighted by Crippen LogP contribution is -2.14. The fourth-order valence-electron chi connectivity index (χ4n) is 6.60. The monoisotopic (exact) mass is 527 g/mol. The van der Waals surface area contributed by atoms with Crippen LogP contribution in [0.3, 0.4) is 0 Å². The van der Waals surface area contributed by atoms with Gasteiger partial charge < -0.3 is 9.32 Å². The van der Waals surface area contributed by atoms with E-state index in [1.165, 1.54) is 33.4 Å². The van der Waals surface area contributed by atoms with Crippen LogP contribution in [0.25, 0.3) is 44.2 Å². The smallest absolute Gasteiger partial charge is 0.137 e. The van der Waals surface area contributed by atoms with Crippen molar-refractivity contribution >= 4 is 39.0 Å². The van der Waals surface area contributed by atoms with Gasteiger partial charge in [0.25, 0.3) is 0 Å². The van der Waals surface area contributed by atoms with E-state index in [9.17, 15) is 0 Å². The normalized spacial score (nSPS) is 13.3. The molecule has 0 unspecified atom stereocenters. The molecule has 0 bridgehead atoms. The Labute approximate surface area is 240 Å². The van der Waals surface area contributed by atoms with Gasteiger partial charge in [0.15, 0.2) is 0 Å². The van der Waals surface area contributed by atoms with Gasteiger partial charge in [-0.05, 0) is 81.9 Å². The summed E-state index contributed by atoms with van der Waals surface area (Å²) in [5, 5.41) is 2.27. The van der Waals surface area contributed by atoms with Crippen molar-refractivity contribution in [2.45, 2.75) is 19.3 Å². The Morgan fingerprint density at radius 3 is 2.05 bits per heavy atom. The molecule has 0 fully saturated rings. The third-order valence-corrected chi connectivity index (χ3v) is 8.66. The standard InChI is InChI=1S/C39H29NO/c1-39(2)35-17-8-6-15-31(35)34-24-27(19-22-36(34)39)26-11-10-14-29(23-26)40(28-12-4-3-5-13-28)30-20-21-33-32-16-7-9-18-37(32)41-38(33)25-30/h3-25H,1-2H3. The van der Waals surface area contributed by atoms with Crippen LogP contribution in [0.4, 0.5) is 17.1 Å². The van der Waals surface area contributed by atoms with E-state index in [-0.39, 0.29) is 5.41 Å². The molecule has 6 aromatic carbocycles. The second-order valence-corrected chi connectivity index (χ2v) is 11.4. The predicted molar refractivity (Wildman–Crippen MR) is 171 cm³/mol. The van der Waals surface area contributed by atoms with E-state index in [0.717, 1.165) is 39.0 Å². The highest BCUT2D eigenvalue weighted by Crippen LogP contribution is 2.49. The third-order valence-electron chi connectivity index (χ3n) is 8.66. The van der Waals surface area contributed by atoms with Crippen LogP contribution in [-0.4, -0.2) is 0 Å². The molecule has 2 heteroatoms. The summed E-state index contributed by atoms with van der Waals surface area (Å²) in [7, 11) is 0. The van der Waals surface area contributed by atoms with Gasteiger partial charge in [0.1, 0.15) is 11.2 Å². The van der Waals surface area contributed by atoms with Crippen molar-refractivity contribution in [1.82, 2.24) is 0 Å². The molecule has 8 rings (SSSR count). The summed E-state index contributed by atoms with van der Waals surface area (Å²) >= 11 is 0. The largest absolute Gasteiger partial charge is 0.456 e. The quantitative estimate of drug-likeness (QED) is 0.226. The SMILES string of the molecule is CC1(C)c2ccccc2-c2cc(-c3cccc(N(c4ccccc4)c4ccc5c(c4)oc4ccccc45)c3)ccc21. The van der Waals surface area contributed by atoms with Crippen molar-refractivity contribution in [1.29, 1.82) is 0 Å². The fraction of sp³-hybridized carbons (Fsp3) is 0.0769. The molecule has 0 aliphatic heterocycles. The molecule has 0 saturated carbocycles. The maximum absolute atomic E-state index is 6.27. The van der Waals surface area contributed by atoms with Crippen molar-refractivity contribution < 1.29 is 4.42 Å². The molecular weight excluding hydrogens is 498 g/mol. The molecule has 0 radical (unpaired) electrons. The highest BCUT2D eigenvalue weighted by Gasteiger charge is 2.35. The zero-order valence-electron chi connectivity index (χ0n) is 23.1. The first-order valence-corrected chi connectivity index (χ1v) is 14.2. The maximum Gasteiger partial charge on any atom is 0.137 e. The summed E-state index contributed by atoms with van der Waals surface area (Å²) in [6, 6.07) is 50.0. The Morgan fingerprint density at radius 1 is 0.463 bits per heavy atom. The van der Waals surface area contributed by atoms with Gasteiger partial charge in [-0.3, -0.25) is 0 Å². The Bertz CT molecular complexity index is 2080. The Morgan fingerprint density at radius 2 is 1.15 bits per heavy atom. The molecule has 196 valence electrons. The second-order valence-electron chi connectivity index (χ2n) is 11.4. The minimum absolute atomic E-state index is 0.00567. The molecule has 0 N–H and O–H groups in total. The number of furan rings is 1. The molecule has 1 aliphatic rings. The van der Waals surface area contributed by atoms with Gasteiger partial charge in [0, 0.05) is 39.3 Å². The molecule has 0 atom stereocenters. The first-order chi connectivity index (χ1) is 20.1. The molecule has 1 aromatic heterocycles. The number of benzene rings is 6. The second kappa shape index (κ2) is 8.97. The number of fused-ring (bicyclic) bond motifs is 6. The first kappa shape index (κ1) is 23.8. The van der Waals surface area contributed by atoms with Crippen LogP contribution in [0.5, 0.6) is 0 Å². The Balaban J connectivity index is 1.26. The highest BCUT2D eigenvalue weighted by atomic mass is 16.3. The minimum atomic E-state index is 0.00567. The van der Waals surface area contributed by atoms with Crippen molar-refractivity contribution in [3.63, 3.8) is 0 Å². The van der Waals surface area contributed by atoms with Crippen LogP contribution in [-0.2, 0) is 5.41 Å². The Kier molecular flexibility index (Phi) is 5.20. The topological polar surface area (TPSA) is 16.4 Å². The number of hydrogen-bond donors (Lipinski definition) is 0. The highest BCUT2D eigenvalue weighted by molar-refractivity contribution is 6.06. The van der Waals surface area contributed by atoms with Gasteiger partial charge in [0.05, 0.1) is 0 Å². The summed E-state index contributed by atoms with van der Waals surface area (Å²) in [4.78, 5) is 2.31. The molecule has 41 heavy (non-hydrogen) atoms. The van der Waals surface area contributed by atoms with Crippen molar-refractivity contribution in [3.8, 4) is 22.3 Å². The number of para-hydroxylation sites is 2. The fourth-order valence-corrected chi connectivity index (χ4v) is 6.60. The Hall–Kier alpha value is -5.08. The van der Waals surface area contributed by atoms with Crippen LogP contribution < -0.4 is 4.90 Å². The molecule has 2 nitrogen and oxygen atoms in total. The summed E-state index contributed by atoms with van der Waals surface area (Å²) in [6.07, 6.45) is 0. The average molecular weight is 528 g/mol. The molecular formula is C39H29NO. The average Bonchev–Trinajstić information content (AvgIpc) is 3.50. The van der Waals surface area contributed by atoms with Gasteiger partial charge in [0.2, 0.25) is 0 Å². The number of nitrogens with zero attached hydrogens (tertiary/aromatic N) is 1. The van der Waals surface area contributed by atoms with E-state index in [4.69, 9.17) is 4.42 Å². The summed E-state index contributed by atoms with van der Waals surface area (Å²) in [5.74, 6) is 0. The number of rotatable bonds is 4. The van der Waals surface area contributed by atoms with Crippen LogP contribution in [0.2, 0.25) is 0 Å². The van der Waals surface area contributed by atoms with E-state index in [2.05, 4.69) is 146 Å². The third kappa shape index (κ3) is 3.72. The lowest BCUT2D eigenvalue weighted by molar-refractivity contribution is 0.660. The van der Waals surface area contributed by atoms with Crippen LogP contribution in [0.1, 0.15) is 25.0 Å². The van der Waals surface area contributed by atoms with Crippen molar-refractivity contribution in [2.24, 2.45) is 0 Å². The van der Waals surface area contributed by atoms with E-state index in [0.29, 0.717) is 0 Å². The van der Waals surface area contributed by atoms with Crippen LogP contribution >= 0.6 is 0 Å². The molecule has 1 aliphatic carbocycles. The van der Waals surface area contributed by atoms with Crippen LogP contribution in [0, 0.1) is 0 Å². The summed E-state index contributed by atoms with van der Waals surface area (Å²) in [5.41, 5.74) is 13.0. The van der Waals surface area contributed by atoms with Gasteiger partial charge in [-0.25, -0.2) is 0 Å². The van der Waals surface area contributed by atoms with E-state index in [1.807, 2.05) is 12.1 Å². The van der Waals surface area contributed by atoms with Crippen molar-refractivity contribution in [3.05, 3.63) is 151 Å². The number of anilines is 3. The summed E-state index contributed by atoms with van der Waals surface area (Å²) in [6.45, 7) is 4.66. The van der Waals surface area contributed by atoms with Gasteiger partial charge in [-0.15, -0.1) is 0 Å². The van der Waals surface area contributed by atoms with Crippen molar-refractivity contribution in [2.75, 3.05) is 4.90 Å². The first-order valence-electron chi connectivity index (χ1n) is 14.2. The molecule has 0 saturated heterocycles. The van der Waals surface area contributed by atoms with E-state index in [1.54, 1.807) is 0 Å². The zero-order chi connectivity index (χ0) is 27.6. The van der Waals surface area contributed by atoms with Gasteiger partial charge in [-0.2, -0.15) is 0 Å². The lowest BCUT2D eigenvalue weighted by Gasteiger charge is -2.26. The lowest BCUT2D eigenvalue weighted by atomic mass is 9.82.